The summed E-state index contributed by atoms with van der Waals surface area (Å²) in [6, 6.07) is 3.61. The van der Waals surface area contributed by atoms with E-state index < -0.39 is 11.7 Å². The van der Waals surface area contributed by atoms with Crippen LogP contribution in [0.3, 0.4) is 0 Å². The highest BCUT2D eigenvalue weighted by molar-refractivity contribution is 7.94. The Hall–Kier alpha value is -2.08. The first-order chi connectivity index (χ1) is 14.7. The summed E-state index contributed by atoms with van der Waals surface area (Å²) in [4.78, 5) is 11.4. The van der Waals surface area contributed by atoms with Crippen LogP contribution in [0.1, 0.15) is 28.2 Å². The average Bonchev–Trinajstić information content (AvgIpc) is 3.09. The number of likely N-dealkylation sites (N-methyl/N-ethyl adjacent to an activating group) is 1. The monoisotopic (exact) mass is 453 g/mol. The second-order valence-electron chi connectivity index (χ2n) is 7.97. The number of aromatic nitrogens is 2. The Kier molecular flexibility index (Phi) is 6.29. The fourth-order valence-electron chi connectivity index (χ4n) is 3.76. The van der Waals surface area contributed by atoms with Gasteiger partial charge in [-0.05, 0) is 37.7 Å². The van der Waals surface area contributed by atoms with Gasteiger partial charge in [0.15, 0.2) is 0 Å². The number of nitrogens with one attached hydrogen (secondary N) is 1. The van der Waals surface area contributed by atoms with E-state index in [2.05, 4.69) is 35.8 Å². The van der Waals surface area contributed by atoms with Gasteiger partial charge in [0.05, 0.1) is 17.8 Å². The lowest BCUT2D eigenvalue weighted by molar-refractivity contribution is -0.137. The number of piperazine rings is 1. The number of aryl methyl sites for hydroxylation is 1. The number of fused-ring (bicyclic) bond motifs is 1. The molecule has 3 N–H and O–H groups in total. The first kappa shape index (κ1) is 22.1. The molecule has 2 aliphatic heterocycles. The van der Waals surface area contributed by atoms with Crippen molar-refractivity contribution in [3.8, 4) is 0 Å². The maximum Gasteiger partial charge on any atom is 0.416 e. The van der Waals surface area contributed by atoms with E-state index in [-0.39, 0.29) is 12.2 Å². The van der Waals surface area contributed by atoms with Crippen molar-refractivity contribution in [1.29, 1.82) is 0 Å². The van der Waals surface area contributed by atoms with Crippen molar-refractivity contribution in [2.45, 2.75) is 32.7 Å². The van der Waals surface area contributed by atoms with Gasteiger partial charge in [0.1, 0.15) is 11.6 Å². The Labute approximate surface area is 184 Å². The highest BCUT2D eigenvalue weighted by Gasteiger charge is 2.31. The zero-order valence-electron chi connectivity index (χ0n) is 17.5. The standard InChI is InChI=1S/C20H26F3N7S/c1-13-26-18-12-30(31-29-5-3-28(2)4-6-29)11-17(18)19(27-13)25-10-14-7-15(20(21,22)23)9-16(24)8-14/h7-9H,3-6,10-12,24H2,1-2H3,(H,25,26,27). The molecule has 1 fully saturated rings. The molecule has 0 spiro atoms. The average molecular weight is 454 g/mol. The van der Waals surface area contributed by atoms with Crippen LogP contribution < -0.4 is 11.1 Å². The van der Waals surface area contributed by atoms with E-state index in [0.717, 1.165) is 49.6 Å². The zero-order valence-corrected chi connectivity index (χ0v) is 18.4. The van der Waals surface area contributed by atoms with E-state index in [1.54, 1.807) is 18.2 Å². The van der Waals surface area contributed by atoms with E-state index in [9.17, 15) is 13.2 Å². The highest BCUT2D eigenvalue weighted by Crippen LogP contribution is 2.34. The summed E-state index contributed by atoms with van der Waals surface area (Å²) in [6.45, 7) is 7.49. The number of hydrogen-bond acceptors (Lipinski definition) is 8. The van der Waals surface area contributed by atoms with Gasteiger partial charge in [-0.3, -0.25) is 0 Å². The normalized spacial score (nSPS) is 18.4. The van der Waals surface area contributed by atoms with E-state index in [0.29, 0.717) is 30.3 Å². The third-order valence-corrected chi connectivity index (χ3v) is 6.45. The molecule has 1 aromatic heterocycles. The van der Waals surface area contributed by atoms with Crippen molar-refractivity contribution < 1.29 is 13.2 Å². The Morgan fingerprint density at radius 2 is 1.81 bits per heavy atom. The number of alkyl halides is 3. The van der Waals surface area contributed by atoms with E-state index in [1.165, 1.54) is 0 Å². The van der Waals surface area contributed by atoms with Crippen LogP contribution in [-0.2, 0) is 25.8 Å². The molecule has 4 rings (SSSR count). The van der Waals surface area contributed by atoms with Crippen molar-refractivity contribution in [2.75, 3.05) is 44.3 Å². The van der Waals surface area contributed by atoms with Gasteiger partial charge in [-0.2, -0.15) is 13.2 Å². The number of nitrogens with zero attached hydrogens (tertiary/aromatic N) is 5. The first-order valence-corrected chi connectivity index (χ1v) is 10.8. The third kappa shape index (κ3) is 5.40. The van der Waals surface area contributed by atoms with Gasteiger partial charge < -0.3 is 16.0 Å². The SMILES string of the molecule is Cc1nc2c(c(NCc3cc(N)cc(C(F)(F)F)c3)n1)CN(SN1CCN(C)CC1)C2. The summed E-state index contributed by atoms with van der Waals surface area (Å²) in [5.74, 6) is 1.30. The quantitative estimate of drug-likeness (QED) is 0.529. The predicted octanol–water partition coefficient (Wildman–Crippen LogP) is 3.12. The molecule has 1 saturated heterocycles. The summed E-state index contributed by atoms with van der Waals surface area (Å²) >= 11 is 1.73. The molecule has 168 valence electrons. The Bertz CT molecular complexity index is 945. The number of halogens is 3. The van der Waals surface area contributed by atoms with E-state index in [1.807, 2.05) is 6.92 Å². The molecule has 0 unspecified atom stereocenters. The predicted molar refractivity (Wildman–Crippen MR) is 116 cm³/mol. The molecule has 31 heavy (non-hydrogen) atoms. The molecule has 0 amide bonds. The Balaban J connectivity index is 1.45. The largest absolute Gasteiger partial charge is 0.416 e. The number of nitrogens with two attached hydrogens (primary N) is 1. The molecule has 0 aliphatic carbocycles. The number of nitrogen functional groups attached to an aromatic ring is 1. The topological polar surface area (TPSA) is 73.5 Å². The Morgan fingerprint density at radius 3 is 2.52 bits per heavy atom. The van der Waals surface area contributed by atoms with Crippen LogP contribution >= 0.6 is 12.1 Å². The second kappa shape index (κ2) is 8.81. The van der Waals surface area contributed by atoms with Gasteiger partial charge in [-0.1, -0.05) is 0 Å². The van der Waals surface area contributed by atoms with Gasteiger partial charge in [-0.15, -0.1) is 0 Å². The zero-order chi connectivity index (χ0) is 22.2. The maximum atomic E-state index is 13.1. The van der Waals surface area contributed by atoms with Crippen molar-refractivity contribution in [1.82, 2.24) is 23.5 Å². The molecular formula is C20H26F3N7S. The van der Waals surface area contributed by atoms with E-state index in [4.69, 9.17) is 5.73 Å². The molecule has 2 aromatic rings. The van der Waals surface area contributed by atoms with Crippen LogP contribution in [-0.4, -0.2) is 56.7 Å². The summed E-state index contributed by atoms with van der Waals surface area (Å²) < 4.78 is 43.9. The molecule has 0 bridgehead atoms. The highest BCUT2D eigenvalue weighted by atomic mass is 32.2. The van der Waals surface area contributed by atoms with Crippen LogP contribution in [0.4, 0.5) is 24.7 Å². The molecule has 0 atom stereocenters. The van der Waals surface area contributed by atoms with Crippen LogP contribution in [0.5, 0.6) is 0 Å². The molecule has 3 heterocycles. The summed E-state index contributed by atoms with van der Waals surface area (Å²) in [6.07, 6.45) is -4.43. The third-order valence-electron chi connectivity index (χ3n) is 5.36. The van der Waals surface area contributed by atoms with Crippen molar-refractivity contribution in [3.63, 3.8) is 0 Å². The smallest absolute Gasteiger partial charge is 0.399 e. The molecule has 0 radical (unpaired) electrons. The number of rotatable bonds is 5. The summed E-state index contributed by atoms with van der Waals surface area (Å²) in [7, 11) is 2.13. The van der Waals surface area contributed by atoms with Gasteiger partial charge in [0.2, 0.25) is 0 Å². The van der Waals surface area contributed by atoms with Crippen LogP contribution in [0.2, 0.25) is 0 Å². The van der Waals surface area contributed by atoms with Crippen LogP contribution in [0.15, 0.2) is 18.2 Å². The fourth-order valence-corrected chi connectivity index (χ4v) is 4.78. The first-order valence-electron chi connectivity index (χ1n) is 10.1. The fraction of sp³-hybridized carbons (Fsp3) is 0.500. The minimum Gasteiger partial charge on any atom is -0.399 e. The summed E-state index contributed by atoms with van der Waals surface area (Å²) in [5, 5.41) is 3.21. The molecule has 2 aliphatic rings. The number of hydrogen-bond donors (Lipinski definition) is 2. The molecule has 11 heteroatoms. The van der Waals surface area contributed by atoms with Crippen molar-refractivity contribution >= 4 is 23.6 Å². The second-order valence-corrected chi connectivity index (χ2v) is 9.17. The molecular weight excluding hydrogens is 427 g/mol. The summed E-state index contributed by atoms with van der Waals surface area (Å²) in [5.41, 5.74) is 7.43. The molecule has 0 saturated carbocycles. The number of anilines is 2. The van der Waals surface area contributed by atoms with Crippen molar-refractivity contribution in [2.24, 2.45) is 0 Å². The lowest BCUT2D eigenvalue weighted by Crippen LogP contribution is -2.42. The number of benzene rings is 1. The van der Waals surface area contributed by atoms with Gasteiger partial charge in [-0.25, -0.2) is 18.6 Å². The minimum atomic E-state index is -4.43. The van der Waals surface area contributed by atoms with E-state index >= 15 is 0 Å². The molecule has 1 aromatic carbocycles. The molecule has 7 nitrogen and oxygen atoms in total. The minimum absolute atomic E-state index is 0.0884. The van der Waals surface area contributed by atoms with Crippen LogP contribution in [0.25, 0.3) is 0 Å². The van der Waals surface area contributed by atoms with Gasteiger partial charge in [0, 0.05) is 62.7 Å². The van der Waals surface area contributed by atoms with Gasteiger partial charge >= 0.3 is 6.18 Å². The maximum absolute atomic E-state index is 13.1. The lowest BCUT2D eigenvalue weighted by atomic mass is 10.1. The Morgan fingerprint density at radius 1 is 1.06 bits per heavy atom. The van der Waals surface area contributed by atoms with Crippen LogP contribution in [0, 0.1) is 6.92 Å². The lowest BCUT2D eigenvalue weighted by Gasteiger charge is -2.33. The van der Waals surface area contributed by atoms with Gasteiger partial charge in [0.25, 0.3) is 0 Å². The van der Waals surface area contributed by atoms with Crippen molar-refractivity contribution in [3.05, 3.63) is 46.4 Å².